The SMILES string of the molecule is C=C.C=C.C=C.C=C.N.[O-][Cl+3]([O-])([O-])O. The molecule has 0 bridgehead atoms. The van der Waals surface area contributed by atoms with Crippen molar-refractivity contribution in [1.29, 1.82) is 0 Å². The van der Waals surface area contributed by atoms with E-state index >= 15 is 0 Å². The first kappa shape index (κ1) is 38.1. The monoisotopic (exact) mass is 229 g/mol. The first-order valence-electron chi connectivity index (χ1n) is 2.63. The summed E-state index contributed by atoms with van der Waals surface area (Å²) in [5, 5.41) is 0. The second-order valence-electron chi connectivity index (χ2n) is 0.396. The zero-order chi connectivity index (χ0) is 12.5. The van der Waals surface area contributed by atoms with Gasteiger partial charge < -0.3 is 6.15 Å². The van der Waals surface area contributed by atoms with Crippen LogP contribution in [-0.4, -0.2) is 4.66 Å². The minimum atomic E-state index is -4.69. The van der Waals surface area contributed by atoms with Crippen LogP contribution < -0.4 is 20.1 Å². The van der Waals surface area contributed by atoms with Crippen LogP contribution in [0.1, 0.15) is 0 Å². The molecule has 88 valence electrons. The van der Waals surface area contributed by atoms with E-state index < -0.39 is 10.2 Å². The molecule has 0 saturated heterocycles. The van der Waals surface area contributed by atoms with E-state index in [1.165, 1.54) is 0 Å². The highest BCUT2D eigenvalue weighted by atomic mass is 35.7. The van der Waals surface area contributed by atoms with E-state index in [-0.39, 0.29) is 6.15 Å². The van der Waals surface area contributed by atoms with Gasteiger partial charge in [0, 0.05) is 0 Å². The van der Waals surface area contributed by atoms with Crippen LogP contribution in [0.3, 0.4) is 0 Å². The Labute approximate surface area is 88.3 Å². The van der Waals surface area contributed by atoms with Crippen LogP contribution in [0, 0.1) is 10.2 Å². The Morgan fingerprint density at radius 2 is 0.643 bits per heavy atom. The molecule has 0 amide bonds. The topological polar surface area (TPSA) is 124 Å². The van der Waals surface area contributed by atoms with Crippen molar-refractivity contribution in [3.05, 3.63) is 52.6 Å². The summed E-state index contributed by atoms with van der Waals surface area (Å²) in [6, 6.07) is 0. The quantitative estimate of drug-likeness (QED) is 0.529. The summed E-state index contributed by atoms with van der Waals surface area (Å²) in [5.74, 6) is 0. The molecule has 0 aromatic carbocycles. The van der Waals surface area contributed by atoms with E-state index in [0.717, 1.165) is 0 Å². The lowest BCUT2D eigenvalue weighted by Gasteiger charge is -2.03. The molecule has 0 heterocycles. The third kappa shape index (κ3) is 1240. The fraction of sp³-hybridized carbons (Fsp3) is 0. The first-order chi connectivity index (χ1) is 6.00. The van der Waals surface area contributed by atoms with Gasteiger partial charge in [0.25, 0.3) is 0 Å². The van der Waals surface area contributed by atoms with Crippen molar-refractivity contribution in [3.8, 4) is 0 Å². The van der Waals surface area contributed by atoms with E-state index in [0.29, 0.717) is 0 Å². The van der Waals surface area contributed by atoms with Gasteiger partial charge in [0.2, 0.25) is 0 Å². The molecule has 6 heteroatoms. The minimum absolute atomic E-state index is 0. The van der Waals surface area contributed by atoms with Gasteiger partial charge in [0.05, 0.1) is 14.9 Å². The number of hydrogen-bond acceptors (Lipinski definition) is 5. The lowest BCUT2D eigenvalue weighted by atomic mass is 11.3. The average Bonchev–Trinajstić information content (AvgIpc) is 2.14. The zero-order valence-corrected chi connectivity index (χ0v) is 9.17. The van der Waals surface area contributed by atoms with Gasteiger partial charge in [-0.3, -0.25) is 0 Å². The highest BCUT2D eigenvalue weighted by Crippen LogP contribution is 1.60. The second kappa shape index (κ2) is 57.7. The molecule has 0 aromatic rings. The van der Waals surface area contributed by atoms with Gasteiger partial charge in [0.1, 0.15) is 0 Å². The van der Waals surface area contributed by atoms with Gasteiger partial charge >= 0.3 is 0 Å². The smallest absolute Gasteiger partial charge is 0.0777 e. The van der Waals surface area contributed by atoms with Crippen molar-refractivity contribution in [2.45, 2.75) is 0 Å². The van der Waals surface area contributed by atoms with Crippen LogP contribution in [0.4, 0.5) is 0 Å². The average molecular weight is 230 g/mol. The van der Waals surface area contributed by atoms with Gasteiger partial charge in [-0.15, -0.1) is 52.6 Å². The summed E-state index contributed by atoms with van der Waals surface area (Å²) in [5.41, 5.74) is 0. The highest BCUT2D eigenvalue weighted by Gasteiger charge is 1.98. The van der Waals surface area contributed by atoms with Crippen LogP contribution in [0.2, 0.25) is 0 Å². The van der Waals surface area contributed by atoms with Gasteiger partial charge in [-0.25, -0.2) is 0 Å². The van der Waals surface area contributed by atoms with Crippen LogP contribution in [0.15, 0.2) is 52.6 Å². The molecule has 0 saturated carbocycles. The molecular weight excluding hydrogens is 210 g/mol. The lowest BCUT2D eigenvalue weighted by Crippen LogP contribution is -2.58. The number of hydrogen-bond donors (Lipinski definition) is 2. The molecule has 0 aliphatic rings. The summed E-state index contributed by atoms with van der Waals surface area (Å²) < 4.78 is 32.7. The molecule has 4 N–H and O–H groups in total. The molecule has 0 unspecified atom stereocenters. The lowest BCUT2D eigenvalue weighted by molar-refractivity contribution is -1.92. The first-order valence-corrected chi connectivity index (χ1v) is 3.90. The Bertz CT molecular complexity index is 64.2. The maximum absolute atomic E-state index is 8.60. The molecule has 0 aliphatic heterocycles. The Kier molecular flexibility index (Phi) is 157. The fourth-order valence-electron chi connectivity index (χ4n) is 0. The largest absolute Gasteiger partial charge is 0.344 e. The van der Waals surface area contributed by atoms with Crippen molar-refractivity contribution in [2.75, 3.05) is 0 Å². The normalized spacial score (nSPS) is 5.43. The molecule has 0 aliphatic carbocycles. The molecule has 14 heavy (non-hydrogen) atoms. The minimum Gasteiger partial charge on any atom is -0.344 e. The van der Waals surface area contributed by atoms with E-state index in [4.69, 9.17) is 18.6 Å². The summed E-state index contributed by atoms with van der Waals surface area (Å²) in [6.45, 7) is 24.0. The van der Waals surface area contributed by atoms with Gasteiger partial charge in [-0.1, -0.05) is 0 Å². The molecular formula is C8H20ClNO4. The van der Waals surface area contributed by atoms with Crippen LogP contribution in [0.5, 0.6) is 0 Å². The van der Waals surface area contributed by atoms with Gasteiger partial charge in [0.15, 0.2) is 0 Å². The summed E-state index contributed by atoms with van der Waals surface area (Å²) in [4.78, 5) is 0. The Balaban J connectivity index is -0.0000000156. The van der Waals surface area contributed by atoms with E-state index in [1.54, 1.807) is 0 Å². The Morgan fingerprint density at radius 3 is 0.643 bits per heavy atom. The number of rotatable bonds is 0. The third-order valence-electron chi connectivity index (χ3n) is 0. The molecule has 5 nitrogen and oxygen atoms in total. The predicted octanol–water partition coefficient (Wildman–Crippen LogP) is -0.753. The van der Waals surface area contributed by atoms with Crippen LogP contribution >= 0.6 is 0 Å². The van der Waals surface area contributed by atoms with Crippen molar-refractivity contribution in [2.24, 2.45) is 0 Å². The zero-order valence-electron chi connectivity index (χ0n) is 8.41. The Morgan fingerprint density at radius 1 is 0.643 bits per heavy atom. The second-order valence-corrected chi connectivity index (χ2v) is 1.19. The number of halogens is 1. The van der Waals surface area contributed by atoms with Crippen LogP contribution in [-0.2, 0) is 0 Å². The van der Waals surface area contributed by atoms with E-state index in [1.807, 2.05) is 0 Å². The van der Waals surface area contributed by atoms with E-state index in [9.17, 15) is 0 Å². The summed E-state index contributed by atoms with van der Waals surface area (Å²) in [7, 11) is -4.69. The van der Waals surface area contributed by atoms with Crippen molar-refractivity contribution in [3.63, 3.8) is 0 Å². The summed E-state index contributed by atoms with van der Waals surface area (Å²) >= 11 is 0. The molecule has 0 spiro atoms. The predicted molar refractivity (Wildman–Crippen MR) is 52.3 cm³/mol. The molecule has 0 atom stereocenters. The van der Waals surface area contributed by atoms with Crippen molar-refractivity contribution in [1.82, 2.24) is 6.15 Å². The maximum atomic E-state index is 8.60. The van der Waals surface area contributed by atoms with Crippen molar-refractivity contribution >= 4 is 0 Å². The molecule has 0 aromatic heterocycles. The van der Waals surface area contributed by atoms with Gasteiger partial charge in [-0.05, 0) is 0 Å². The van der Waals surface area contributed by atoms with Crippen LogP contribution in [0.25, 0.3) is 0 Å². The van der Waals surface area contributed by atoms with Gasteiger partial charge in [-0.2, -0.15) is 14.0 Å². The molecule has 0 radical (unpaired) electrons. The maximum Gasteiger partial charge on any atom is 0.0777 e. The summed E-state index contributed by atoms with van der Waals surface area (Å²) in [6.07, 6.45) is 0. The third-order valence-corrected chi connectivity index (χ3v) is 0. The van der Waals surface area contributed by atoms with E-state index in [2.05, 4.69) is 52.6 Å². The molecule has 0 rings (SSSR count). The Hall–Kier alpha value is -0.950. The van der Waals surface area contributed by atoms with Crippen molar-refractivity contribution < 1.29 is 28.9 Å². The molecule has 0 fully saturated rings. The fourth-order valence-corrected chi connectivity index (χ4v) is 0. The highest BCUT2D eigenvalue weighted by molar-refractivity contribution is 4.23. The standard InChI is InChI=1S/4C2H4.ClHO4.H3N/c4*1-2;2-1(3,4)5;/h4*1-2H2;(H,2,3,4,5);1H3.